The van der Waals surface area contributed by atoms with Crippen LogP contribution in [-0.4, -0.2) is 51.7 Å². The summed E-state index contributed by atoms with van der Waals surface area (Å²) in [6.07, 6.45) is 3.69. The first-order chi connectivity index (χ1) is 10.9. The van der Waals surface area contributed by atoms with Crippen LogP contribution in [0.15, 0.2) is 30.3 Å². The maximum absolute atomic E-state index is 12.0. The maximum Gasteiger partial charge on any atom is 0.225 e. The molecule has 0 spiro atoms. The Balaban J connectivity index is 1.71. The molecule has 0 unspecified atom stereocenters. The van der Waals surface area contributed by atoms with Gasteiger partial charge in [0.1, 0.15) is 0 Å². The average molecular weight is 339 g/mol. The zero-order valence-corrected chi connectivity index (χ0v) is 14.3. The number of hydrogen-bond acceptors (Lipinski definition) is 4. The lowest BCUT2D eigenvalue weighted by Gasteiger charge is -2.32. The van der Waals surface area contributed by atoms with Crippen molar-refractivity contribution in [2.24, 2.45) is 5.92 Å². The van der Waals surface area contributed by atoms with Gasteiger partial charge in [-0.3, -0.25) is 4.79 Å². The summed E-state index contributed by atoms with van der Waals surface area (Å²) in [4.78, 5) is 14.2. The first kappa shape index (κ1) is 17.9. The molecule has 1 aromatic carbocycles. The van der Waals surface area contributed by atoms with Gasteiger partial charge in [0.2, 0.25) is 15.9 Å². The van der Waals surface area contributed by atoms with Crippen molar-refractivity contribution in [1.29, 1.82) is 0 Å². The number of para-hydroxylation sites is 1. The molecule has 1 aromatic rings. The number of nitrogens with one attached hydrogen (secondary N) is 2. The normalized spacial score (nSPS) is 19.4. The Morgan fingerprint density at radius 2 is 2.04 bits per heavy atom. The molecule has 1 atom stereocenters. The number of carbonyl (C=O) groups is 1. The highest BCUT2D eigenvalue weighted by molar-refractivity contribution is 7.88. The van der Waals surface area contributed by atoms with Gasteiger partial charge in [0, 0.05) is 31.7 Å². The predicted octanol–water partition coefficient (Wildman–Crippen LogP) is 1.28. The van der Waals surface area contributed by atoms with E-state index < -0.39 is 10.0 Å². The van der Waals surface area contributed by atoms with Gasteiger partial charge in [-0.2, -0.15) is 0 Å². The molecule has 6 nitrogen and oxygen atoms in total. The van der Waals surface area contributed by atoms with Crippen LogP contribution < -0.4 is 10.0 Å². The van der Waals surface area contributed by atoms with Gasteiger partial charge in [0.15, 0.2) is 0 Å². The largest absolute Gasteiger partial charge is 0.326 e. The van der Waals surface area contributed by atoms with Crippen LogP contribution in [0.3, 0.4) is 0 Å². The Bertz CT molecular complexity index is 604. The summed E-state index contributed by atoms with van der Waals surface area (Å²) in [5.41, 5.74) is 0.811. The van der Waals surface area contributed by atoms with E-state index in [9.17, 15) is 13.2 Å². The minimum Gasteiger partial charge on any atom is -0.326 e. The van der Waals surface area contributed by atoms with Gasteiger partial charge in [-0.15, -0.1) is 0 Å². The highest BCUT2D eigenvalue weighted by Crippen LogP contribution is 2.16. The fraction of sp³-hybridized carbons (Fsp3) is 0.562. The number of carbonyl (C=O) groups excluding carboxylic acids is 1. The van der Waals surface area contributed by atoms with Gasteiger partial charge >= 0.3 is 0 Å². The molecule has 23 heavy (non-hydrogen) atoms. The number of anilines is 1. The van der Waals surface area contributed by atoms with E-state index in [0.717, 1.165) is 31.6 Å². The van der Waals surface area contributed by atoms with E-state index in [1.807, 2.05) is 30.3 Å². The quantitative estimate of drug-likeness (QED) is 0.784. The van der Waals surface area contributed by atoms with Crippen LogP contribution >= 0.6 is 0 Å². The number of amides is 1. The Morgan fingerprint density at radius 3 is 2.74 bits per heavy atom. The molecular formula is C16H25N3O3S. The van der Waals surface area contributed by atoms with Crippen LogP contribution in [0.5, 0.6) is 0 Å². The van der Waals surface area contributed by atoms with Crippen LogP contribution in [0, 0.1) is 5.92 Å². The molecule has 2 rings (SSSR count). The molecule has 1 aliphatic heterocycles. The highest BCUT2D eigenvalue weighted by Gasteiger charge is 2.21. The third-order valence-electron chi connectivity index (χ3n) is 3.95. The molecule has 7 heteroatoms. The summed E-state index contributed by atoms with van der Waals surface area (Å²) in [5.74, 6) is 0.322. The lowest BCUT2D eigenvalue weighted by molar-refractivity contribution is -0.116. The topological polar surface area (TPSA) is 78.5 Å². The SMILES string of the molecule is CS(=O)(=O)NC[C@H]1CCCN(CCC(=O)Nc2ccccc2)C1. The molecule has 2 N–H and O–H groups in total. The lowest BCUT2D eigenvalue weighted by atomic mass is 9.98. The van der Waals surface area contributed by atoms with Crippen LogP contribution in [0.2, 0.25) is 0 Å². The van der Waals surface area contributed by atoms with Crippen molar-refractivity contribution in [3.63, 3.8) is 0 Å². The molecule has 128 valence electrons. The molecule has 0 aromatic heterocycles. The first-order valence-electron chi connectivity index (χ1n) is 7.94. The monoisotopic (exact) mass is 339 g/mol. The van der Waals surface area contributed by atoms with Crippen LogP contribution in [0.4, 0.5) is 5.69 Å². The van der Waals surface area contributed by atoms with Crippen molar-refractivity contribution in [3.8, 4) is 0 Å². The molecule has 1 heterocycles. The summed E-state index contributed by atoms with van der Waals surface area (Å²) in [7, 11) is -3.13. The van der Waals surface area contributed by atoms with E-state index in [2.05, 4.69) is 14.9 Å². The molecule has 0 bridgehead atoms. The molecular weight excluding hydrogens is 314 g/mol. The first-order valence-corrected chi connectivity index (χ1v) is 9.83. The van der Waals surface area contributed by atoms with Gasteiger partial charge in [0.25, 0.3) is 0 Å². The summed E-state index contributed by atoms with van der Waals surface area (Å²) in [5, 5.41) is 2.88. The van der Waals surface area contributed by atoms with Gasteiger partial charge in [-0.1, -0.05) is 18.2 Å². The van der Waals surface area contributed by atoms with Crippen LogP contribution in [0.25, 0.3) is 0 Å². The Morgan fingerprint density at radius 1 is 1.30 bits per heavy atom. The number of nitrogens with zero attached hydrogens (tertiary/aromatic N) is 1. The zero-order chi connectivity index (χ0) is 16.7. The van der Waals surface area contributed by atoms with Gasteiger partial charge in [0.05, 0.1) is 6.26 Å². The molecule has 0 radical (unpaired) electrons. The highest BCUT2D eigenvalue weighted by atomic mass is 32.2. The van der Waals surface area contributed by atoms with Gasteiger partial charge in [-0.05, 0) is 37.4 Å². The average Bonchev–Trinajstić information content (AvgIpc) is 2.52. The predicted molar refractivity (Wildman–Crippen MR) is 91.7 cm³/mol. The third-order valence-corrected chi connectivity index (χ3v) is 4.64. The Labute approximate surface area is 138 Å². The fourth-order valence-electron chi connectivity index (χ4n) is 2.79. The van der Waals surface area contributed by atoms with Crippen molar-refractivity contribution in [3.05, 3.63) is 30.3 Å². The second kappa shape index (κ2) is 8.42. The van der Waals surface area contributed by atoms with E-state index in [4.69, 9.17) is 0 Å². The third kappa shape index (κ3) is 7.11. The van der Waals surface area contributed by atoms with Crippen molar-refractivity contribution in [2.45, 2.75) is 19.3 Å². The Kier molecular flexibility index (Phi) is 6.56. The second-order valence-electron chi connectivity index (χ2n) is 6.09. The standard InChI is InChI=1S/C16H25N3O3S/c1-23(21,22)17-12-14-6-5-10-19(13-14)11-9-16(20)18-15-7-3-2-4-8-15/h2-4,7-8,14,17H,5-6,9-13H2,1H3,(H,18,20)/t14-/m1/s1. The number of piperidine rings is 1. The van der Waals surface area contributed by atoms with Gasteiger partial charge < -0.3 is 10.2 Å². The fourth-order valence-corrected chi connectivity index (χ4v) is 3.33. The molecule has 1 aliphatic rings. The number of hydrogen-bond donors (Lipinski definition) is 2. The summed E-state index contributed by atoms with van der Waals surface area (Å²) in [6.45, 7) is 2.98. The molecule has 0 aliphatic carbocycles. The van der Waals surface area contributed by atoms with E-state index >= 15 is 0 Å². The van der Waals surface area contributed by atoms with Crippen LogP contribution in [-0.2, 0) is 14.8 Å². The maximum atomic E-state index is 12.0. The minimum absolute atomic E-state index is 0.00702. The van der Waals surface area contributed by atoms with E-state index in [-0.39, 0.29) is 5.91 Å². The molecule has 0 saturated carbocycles. The van der Waals surface area contributed by atoms with Crippen molar-refractivity contribution >= 4 is 21.6 Å². The van der Waals surface area contributed by atoms with Crippen molar-refractivity contribution in [1.82, 2.24) is 9.62 Å². The van der Waals surface area contributed by atoms with Crippen LogP contribution in [0.1, 0.15) is 19.3 Å². The summed E-state index contributed by atoms with van der Waals surface area (Å²) >= 11 is 0. The molecule has 1 saturated heterocycles. The smallest absolute Gasteiger partial charge is 0.225 e. The minimum atomic E-state index is -3.13. The van der Waals surface area contributed by atoms with Crippen molar-refractivity contribution in [2.75, 3.05) is 37.8 Å². The summed E-state index contributed by atoms with van der Waals surface area (Å²) < 4.78 is 24.9. The van der Waals surface area contributed by atoms with E-state index in [1.165, 1.54) is 6.26 Å². The number of benzene rings is 1. The van der Waals surface area contributed by atoms with E-state index in [0.29, 0.717) is 25.4 Å². The second-order valence-corrected chi connectivity index (χ2v) is 7.93. The Hall–Kier alpha value is -1.44. The number of sulfonamides is 1. The van der Waals surface area contributed by atoms with Gasteiger partial charge in [-0.25, -0.2) is 13.1 Å². The lowest BCUT2D eigenvalue weighted by Crippen LogP contribution is -2.41. The number of likely N-dealkylation sites (tertiary alicyclic amines) is 1. The van der Waals surface area contributed by atoms with Crippen molar-refractivity contribution < 1.29 is 13.2 Å². The molecule has 1 fully saturated rings. The number of rotatable bonds is 7. The zero-order valence-electron chi connectivity index (χ0n) is 13.5. The van der Waals surface area contributed by atoms with E-state index in [1.54, 1.807) is 0 Å². The molecule has 1 amide bonds. The summed E-state index contributed by atoms with van der Waals surface area (Å²) in [6, 6.07) is 9.42.